The van der Waals surface area contributed by atoms with Crippen molar-refractivity contribution in [1.29, 1.82) is 0 Å². The van der Waals surface area contributed by atoms with Gasteiger partial charge in [0.15, 0.2) is 0 Å². The van der Waals surface area contributed by atoms with Gasteiger partial charge in [0.1, 0.15) is 14.3 Å². The van der Waals surface area contributed by atoms with Gasteiger partial charge < -0.3 is 37.1 Å². The molecule has 8 nitrogen and oxygen atoms in total. The van der Waals surface area contributed by atoms with Crippen LogP contribution in [0.3, 0.4) is 0 Å². The maximum atomic E-state index is 16.9. The lowest BCUT2D eigenvalue weighted by Crippen LogP contribution is -2.61. The maximum Gasteiger partial charge on any atom is 0.495 e. The average Bonchev–Trinajstić information content (AvgIpc) is 0.954. The van der Waals surface area contributed by atoms with Crippen LogP contribution in [0.25, 0.3) is 0 Å². The van der Waals surface area contributed by atoms with Crippen molar-refractivity contribution in [2.24, 2.45) is 71.0 Å². The lowest BCUT2D eigenvalue weighted by molar-refractivity contribution is 0.00578. The number of hydrogen-bond acceptors (Lipinski definition) is 8. The molecule has 14 heteroatoms. The SMILES string of the molecule is CC1(C)OB(B2OC(C)(C)C(C)(C)O2)OC1(C)C.CC1(C)OB(c2ccccc2P(=O)(C23CC4CC(CC(C4)C2)C3)C23CC4CC(CC(C4)C2)C3)OC1(C)C.O=P(c1ccccc1Br)(C12CC3CC(CC(C3)C1)C2)C12CC3CC(CC(C3)C1)C2. The van der Waals surface area contributed by atoms with Gasteiger partial charge in [-0.25, -0.2) is 0 Å². The monoisotopic (exact) mass is 1250 g/mol. The van der Waals surface area contributed by atoms with Gasteiger partial charge in [0.25, 0.3) is 0 Å². The molecule has 3 saturated heterocycles. The molecule has 0 radical (unpaired) electrons. The summed E-state index contributed by atoms with van der Waals surface area (Å²) in [5.41, 5.74) is -1.13. The van der Waals surface area contributed by atoms with E-state index in [-0.39, 0.29) is 43.0 Å². The fourth-order valence-corrected chi connectivity index (χ4v) is 37.3. The summed E-state index contributed by atoms with van der Waals surface area (Å²) in [5, 5.41) is 2.69. The zero-order valence-electron chi connectivity index (χ0n) is 53.8. The predicted octanol–water partition coefficient (Wildman–Crippen LogP) is 16.5. The predicted molar refractivity (Wildman–Crippen MR) is 347 cm³/mol. The van der Waals surface area contributed by atoms with Crippen molar-refractivity contribution in [1.82, 2.24) is 0 Å². The molecule has 19 fully saturated rings. The van der Waals surface area contributed by atoms with Crippen molar-refractivity contribution in [3.05, 3.63) is 53.0 Å². The van der Waals surface area contributed by atoms with Crippen LogP contribution in [-0.4, -0.2) is 75.4 Å². The minimum absolute atomic E-state index is 0.00711. The molecule has 84 heavy (non-hydrogen) atoms. The Labute approximate surface area is 516 Å². The van der Waals surface area contributed by atoms with Crippen molar-refractivity contribution < 1.29 is 37.1 Å². The fraction of sp³-hybridized carbons (Fsp3) is 0.829. The Kier molecular flexibility index (Phi) is 14.0. The summed E-state index contributed by atoms with van der Waals surface area (Å²) in [6, 6.07) is 17.6. The van der Waals surface area contributed by atoms with Gasteiger partial charge in [-0.15, -0.1) is 0 Å². The van der Waals surface area contributed by atoms with Crippen molar-refractivity contribution in [3.63, 3.8) is 0 Å². The molecule has 0 unspecified atom stereocenters. The average molecular weight is 1250 g/mol. The first-order valence-electron chi connectivity index (χ1n) is 34.5. The first-order valence-corrected chi connectivity index (χ1v) is 38.7. The molecule has 2 aromatic rings. The van der Waals surface area contributed by atoms with Crippen molar-refractivity contribution in [2.75, 3.05) is 0 Å². The Morgan fingerprint density at radius 1 is 0.333 bits per heavy atom. The van der Waals surface area contributed by atoms with Crippen LogP contribution in [0.5, 0.6) is 0 Å². The number of benzene rings is 2. The summed E-state index contributed by atoms with van der Waals surface area (Å²) in [6.07, 6.45) is 32.0. The second-order valence-electron chi connectivity index (χ2n) is 35.6. The van der Waals surface area contributed by atoms with Gasteiger partial charge >= 0.3 is 21.1 Å². The zero-order chi connectivity index (χ0) is 58.8. The molecular formula is C70H104B3BrO8P2. The third-order valence-electron chi connectivity index (χ3n) is 28.4. The van der Waals surface area contributed by atoms with Crippen LogP contribution < -0.4 is 16.1 Å². The fourth-order valence-electron chi connectivity index (χ4n) is 24.5. The molecule has 21 rings (SSSR count). The van der Waals surface area contributed by atoms with Gasteiger partial charge in [-0.2, -0.15) is 0 Å². The maximum absolute atomic E-state index is 16.9. The quantitative estimate of drug-likeness (QED) is 0.191. The summed E-state index contributed by atoms with van der Waals surface area (Å²) < 4.78 is 71.4. The van der Waals surface area contributed by atoms with E-state index < -0.39 is 46.6 Å². The van der Waals surface area contributed by atoms with Crippen molar-refractivity contribution in [2.45, 2.75) is 291 Å². The highest BCUT2D eigenvalue weighted by Crippen LogP contribution is 2.84. The first-order chi connectivity index (χ1) is 39.4. The van der Waals surface area contributed by atoms with Crippen molar-refractivity contribution in [3.8, 4) is 0 Å². The highest BCUT2D eigenvalue weighted by atomic mass is 79.9. The summed E-state index contributed by atoms with van der Waals surface area (Å²) in [5.74, 6) is 10.0. The van der Waals surface area contributed by atoms with E-state index in [4.69, 9.17) is 27.9 Å². The number of halogens is 1. The molecule has 0 aromatic heterocycles. The van der Waals surface area contributed by atoms with Crippen LogP contribution in [0.1, 0.15) is 237 Å². The van der Waals surface area contributed by atoms with Crippen LogP contribution >= 0.6 is 30.2 Å². The summed E-state index contributed by atoms with van der Waals surface area (Å²) in [6.45, 7) is 24.8. The summed E-state index contributed by atoms with van der Waals surface area (Å²) in [7, 11) is -6.74. The molecule has 16 bridgehead atoms. The van der Waals surface area contributed by atoms with Crippen molar-refractivity contribution >= 4 is 67.4 Å². The largest absolute Gasteiger partial charge is 0.495 e. The Bertz CT molecular complexity index is 2700. The normalized spacial score (nSPS) is 45.7. The van der Waals surface area contributed by atoms with Crippen LogP contribution in [0.15, 0.2) is 53.0 Å². The van der Waals surface area contributed by atoms with Crippen LogP contribution in [0, 0.1) is 71.0 Å². The number of rotatable bonds is 8. The summed E-state index contributed by atoms with van der Waals surface area (Å²) >= 11 is 3.92. The van der Waals surface area contributed by atoms with E-state index in [9.17, 15) is 0 Å². The standard InChI is InChI=1S/C32H46BO3P.C26H34BrOP.C12H24B2O4/c1-29(2)30(3,4)36-33(35-29)27-7-5-6-8-28(27)37(34,31-15-21-9-22(16-31)11-23(10-21)17-31)32-18-24-12-25(19-32)14-26(13-24)20-32;27-23-3-1-2-4-24(23)29(28,25-11-17-5-18(12-25)7-19(6-17)13-25)26-14-20-8-21(15-26)10-22(9-20)16-26;1-9(2)10(3,4)16-13(15-9)14-17-11(5,6)12(7,8)18-14/h5-8,21-26H,9-20H2,1-4H3;1-4,17-22H,5-16H2;1-8H3. The molecule has 3 heterocycles. The lowest BCUT2D eigenvalue weighted by Gasteiger charge is -2.67. The lowest BCUT2D eigenvalue weighted by atomic mass is 9.49. The molecule has 19 aliphatic rings. The summed E-state index contributed by atoms with van der Waals surface area (Å²) in [4.78, 5) is 0. The van der Waals surface area contributed by atoms with E-state index >= 15 is 9.13 Å². The van der Waals surface area contributed by atoms with E-state index in [1.165, 1.54) is 165 Å². The molecule has 3 aliphatic heterocycles. The Morgan fingerprint density at radius 3 is 0.810 bits per heavy atom. The third kappa shape index (κ3) is 8.94. The Hall–Kier alpha value is -0.665. The van der Waals surface area contributed by atoms with Crippen LogP contribution in [0.4, 0.5) is 0 Å². The number of hydrogen-bond donors (Lipinski definition) is 0. The second-order valence-corrected chi connectivity index (χ2v) is 43.7. The zero-order valence-corrected chi connectivity index (χ0v) is 57.2. The molecule has 2 aromatic carbocycles. The van der Waals surface area contributed by atoms with E-state index in [2.05, 4.69) is 92.2 Å². The highest BCUT2D eigenvalue weighted by molar-refractivity contribution is 9.10. The minimum Gasteiger partial charge on any atom is -0.405 e. The molecule has 458 valence electrons. The van der Waals surface area contributed by atoms with Gasteiger partial charge in [0.05, 0.1) is 33.6 Å². The van der Waals surface area contributed by atoms with Gasteiger partial charge in [-0.1, -0.05) is 58.4 Å². The Morgan fingerprint density at radius 2 is 0.548 bits per heavy atom. The van der Waals surface area contributed by atoms with Gasteiger partial charge in [-0.3, -0.25) is 0 Å². The minimum atomic E-state index is -2.80. The third-order valence-corrected chi connectivity index (χ3v) is 39.1. The van der Waals surface area contributed by atoms with Gasteiger partial charge in [0, 0.05) is 35.7 Å². The Balaban J connectivity index is 0.000000114. The molecule has 0 amide bonds. The molecular weight excluding hydrogens is 1140 g/mol. The smallest absolute Gasteiger partial charge is 0.405 e. The van der Waals surface area contributed by atoms with E-state index in [1.807, 2.05) is 55.4 Å². The molecule has 0 N–H and O–H groups in total. The van der Waals surface area contributed by atoms with Crippen LogP contribution in [0.2, 0.25) is 0 Å². The molecule has 16 saturated carbocycles. The molecule has 16 aliphatic carbocycles. The molecule has 0 spiro atoms. The molecule has 0 atom stereocenters. The van der Waals surface area contributed by atoms with Crippen LogP contribution in [-0.2, 0) is 37.1 Å². The topological polar surface area (TPSA) is 89.5 Å². The van der Waals surface area contributed by atoms with E-state index in [1.54, 1.807) is 0 Å². The van der Waals surface area contributed by atoms with E-state index in [0.717, 1.165) is 81.0 Å². The second kappa shape index (κ2) is 19.7. The van der Waals surface area contributed by atoms with Gasteiger partial charge in [-0.05, 0) is 320 Å². The highest BCUT2D eigenvalue weighted by Gasteiger charge is 2.72. The first kappa shape index (κ1) is 59.6. The van der Waals surface area contributed by atoms with Gasteiger partial charge in [0.2, 0.25) is 0 Å². The van der Waals surface area contributed by atoms with E-state index in [0.29, 0.717) is 0 Å².